The number of hydrazine groups is 1. The third kappa shape index (κ3) is 11.1. The molecule has 0 aliphatic carbocycles. The van der Waals surface area contributed by atoms with E-state index in [2.05, 4.69) is 37.7 Å². The van der Waals surface area contributed by atoms with Crippen molar-refractivity contribution in [2.75, 3.05) is 0 Å². The molecule has 0 saturated carbocycles. The number of allylic oxidation sites excluding steroid dienone is 3. The molecule has 1 aliphatic rings. The van der Waals surface area contributed by atoms with Crippen molar-refractivity contribution in [2.45, 2.75) is 48.0 Å². The molecular weight excluding hydrogens is 160 g/mol. The van der Waals surface area contributed by atoms with Crippen LogP contribution < -0.4 is 10.9 Å². The van der Waals surface area contributed by atoms with Gasteiger partial charge in [0.05, 0.1) is 0 Å². The van der Waals surface area contributed by atoms with Gasteiger partial charge in [-0.05, 0) is 25.5 Å². The molecule has 0 aromatic heterocycles. The van der Waals surface area contributed by atoms with Crippen LogP contribution in [0.4, 0.5) is 0 Å². The van der Waals surface area contributed by atoms with Gasteiger partial charge in [0.1, 0.15) is 0 Å². The second kappa shape index (κ2) is 11.1. The molecule has 0 aromatic carbocycles. The highest BCUT2D eigenvalue weighted by Gasteiger charge is 1.91. The zero-order chi connectivity index (χ0) is 10.7. The summed E-state index contributed by atoms with van der Waals surface area (Å²) in [5.41, 5.74) is 8.26. The fourth-order valence-corrected chi connectivity index (χ4v) is 0.683. The van der Waals surface area contributed by atoms with E-state index in [1.165, 1.54) is 12.0 Å². The van der Waals surface area contributed by atoms with Gasteiger partial charge in [0.15, 0.2) is 0 Å². The molecule has 1 aliphatic heterocycles. The van der Waals surface area contributed by atoms with E-state index in [0.717, 1.165) is 5.70 Å². The van der Waals surface area contributed by atoms with Crippen LogP contribution in [-0.4, -0.2) is 0 Å². The molecule has 0 saturated heterocycles. The lowest BCUT2D eigenvalue weighted by Crippen LogP contribution is -2.27. The normalized spacial score (nSPS) is 12.8. The van der Waals surface area contributed by atoms with Crippen molar-refractivity contribution in [3.8, 4) is 0 Å². The molecule has 78 valence electrons. The number of nitrogens with one attached hydrogen (secondary N) is 2. The van der Waals surface area contributed by atoms with E-state index in [1.807, 2.05) is 27.0 Å². The molecule has 13 heavy (non-hydrogen) atoms. The second-order valence-corrected chi connectivity index (χ2v) is 2.69. The van der Waals surface area contributed by atoms with Crippen LogP contribution in [0.2, 0.25) is 0 Å². The predicted molar refractivity (Wildman–Crippen MR) is 61.1 cm³/mol. The zero-order valence-electron chi connectivity index (χ0n) is 9.86. The molecule has 2 nitrogen and oxygen atoms in total. The summed E-state index contributed by atoms with van der Waals surface area (Å²) < 4.78 is 0. The lowest BCUT2D eigenvalue weighted by molar-refractivity contribution is 0.711. The van der Waals surface area contributed by atoms with Crippen molar-refractivity contribution < 1.29 is 0 Å². The molecule has 2 heteroatoms. The topological polar surface area (TPSA) is 24.1 Å². The van der Waals surface area contributed by atoms with E-state index in [1.54, 1.807) is 0 Å². The van der Waals surface area contributed by atoms with Gasteiger partial charge in [-0.2, -0.15) is 0 Å². The quantitative estimate of drug-likeness (QED) is 0.603. The van der Waals surface area contributed by atoms with Crippen molar-refractivity contribution in [1.82, 2.24) is 10.9 Å². The van der Waals surface area contributed by atoms with E-state index in [4.69, 9.17) is 0 Å². The van der Waals surface area contributed by atoms with Gasteiger partial charge < -0.3 is 10.9 Å². The standard InChI is InChI=1S/C6H10N2.C3H8.C2H6/c1-5-3-6(2)8-7-4-5;1-3-2;1-2/h3-4,7-8H,1-2H3;3H2,1-2H3;1-2H3. The van der Waals surface area contributed by atoms with Crippen LogP contribution in [0.3, 0.4) is 0 Å². The minimum absolute atomic E-state index is 1.16. The lowest BCUT2D eigenvalue weighted by Gasteiger charge is -2.11. The zero-order valence-corrected chi connectivity index (χ0v) is 9.86. The van der Waals surface area contributed by atoms with Crippen molar-refractivity contribution in [3.63, 3.8) is 0 Å². The van der Waals surface area contributed by atoms with E-state index < -0.39 is 0 Å². The molecule has 0 amide bonds. The van der Waals surface area contributed by atoms with Gasteiger partial charge in [0.2, 0.25) is 0 Å². The van der Waals surface area contributed by atoms with Gasteiger partial charge >= 0.3 is 0 Å². The molecule has 0 unspecified atom stereocenters. The summed E-state index contributed by atoms with van der Waals surface area (Å²) in [4.78, 5) is 0. The Hall–Kier alpha value is -0.920. The molecule has 0 aromatic rings. The first-order chi connectivity index (χ1) is 6.20. The summed E-state index contributed by atoms with van der Waals surface area (Å²) in [6, 6.07) is 0. The van der Waals surface area contributed by atoms with Gasteiger partial charge in [-0.3, -0.25) is 0 Å². The summed E-state index contributed by atoms with van der Waals surface area (Å²) in [6.45, 7) is 12.3. The smallest absolute Gasteiger partial charge is 0.0286 e. The Morgan fingerprint density at radius 2 is 1.62 bits per heavy atom. The van der Waals surface area contributed by atoms with Gasteiger partial charge in [0, 0.05) is 11.9 Å². The Balaban J connectivity index is 0. The highest BCUT2D eigenvalue weighted by atomic mass is 15.3. The van der Waals surface area contributed by atoms with Crippen molar-refractivity contribution >= 4 is 0 Å². The fraction of sp³-hybridized carbons (Fsp3) is 0.636. The highest BCUT2D eigenvalue weighted by Crippen LogP contribution is 1.99. The maximum absolute atomic E-state index is 2.95. The van der Waals surface area contributed by atoms with Crippen LogP contribution in [0.25, 0.3) is 0 Å². The molecule has 1 heterocycles. The van der Waals surface area contributed by atoms with Gasteiger partial charge in [-0.25, -0.2) is 0 Å². The largest absolute Gasteiger partial charge is 0.308 e. The molecule has 0 fully saturated rings. The molecule has 0 radical (unpaired) electrons. The van der Waals surface area contributed by atoms with Gasteiger partial charge in [0.25, 0.3) is 0 Å². The van der Waals surface area contributed by atoms with Crippen molar-refractivity contribution in [1.29, 1.82) is 0 Å². The SMILES string of the molecule is CC.CC1=CNNC(C)=C1.CCC. The first-order valence-electron chi connectivity index (χ1n) is 5.07. The molecule has 1 rings (SSSR count). The Bertz CT molecular complexity index is 157. The average molecular weight is 184 g/mol. The second-order valence-electron chi connectivity index (χ2n) is 2.69. The lowest BCUT2D eigenvalue weighted by atomic mass is 10.2. The van der Waals surface area contributed by atoms with Crippen LogP contribution in [0.1, 0.15) is 48.0 Å². The Labute approximate surface area is 83.1 Å². The van der Waals surface area contributed by atoms with E-state index in [-0.39, 0.29) is 0 Å². The maximum Gasteiger partial charge on any atom is 0.0286 e. The van der Waals surface area contributed by atoms with E-state index >= 15 is 0 Å². The van der Waals surface area contributed by atoms with Crippen LogP contribution in [-0.2, 0) is 0 Å². The monoisotopic (exact) mass is 184 g/mol. The summed E-state index contributed by atoms with van der Waals surface area (Å²) >= 11 is 0. The third-order valence-corrected chi connectivity index (χ3v) is 1.01. The van der Waals surface area contributed by atoms with Crippen molar-refractivity contribution in [3.05, 3.63) is 23.5 Å². The number of hydrogen-bond acceptors (Lipinski definition) is 2. The molecule has 0 bridgehead atoms. The Kier molecular flexibility index (Phi) is 12.4. The summed E-state index contributed by atoms with van der Waals surface area (Å²) in [6.07, 6.45) is 5.25. The molecule has 2 N–H and O–H groups in total. The Morgan fingerprint density at radius 3 is 1.85 bits per heavy atom. The summed E-state index contributed by atoms with van der Waals surface area (Å²) in [7, 11) is 0. The van der Waals surface area contributed by atoms with Crippen molar-refractivity contribution in [2.24, 2.45) is 0 Å². The number of rotatable bonds is 0. The first kappa shape index (κ1) is 14.6. The minimum atomic E-state index is 1.16. The van der Waals surface area contributed by atoms with Gasteiger partial charge in [-0.1, -0.05) is 34.1 Å². The van der Waals surface area contributed by atoms with E-state index in [9.17, 15) is 0 Å². The summed E-state index contributed by atoms with van der Waals surface area (Å²) in [5.74, 6) is 0. The highest BCUT2D eigenvalue weighted by molar-refractivity contribution is 5.21. The van der Waals surface area contributed by atoms with Gasteiger partial charge in [-0.15, -0.1) is 0 Å². The van der Waals surface area contributed by atoms with Crippen LogP contribution in [0.15, 0.2) is 23.5 Å². The van der Waals surface area contributed by atoms with Crippen LogP contribution >= 0.6 is 0 Å². The maximum atomic E-state index is 2.95. The third-order valence-electron chi connectivity index (χ3n) is 1.01. The minimum Gasteiger partial charge on any atom is -0.308 e. The van der Waals surface area contributed by atoms with E-state index in [0.29, 0.717) is 0 Å². The Morgan fingerprint density at radius 1 is 1.15 bits per heavy atom. The molecular formula is C11H24N2. The number of hydrogen-bond donors (Lipinski definition) is 2. The van der Waals surface area contributed by atoms with Crippen LogP contribution in [0, 0.1) is 0 Å². The average Bonchev–Trinajstić information content (AvgIpc) is 2.08. The first-order valence-corrected chi connectivity index (χ1v) is 5.07. The molecule has 0 spiro atoms. The summed E-state index contributed by atoms with van der Waals surface area (Å²) in [5, 5.41) is 0. The fourth-order valence-electron chi connectivity index (χ4n) is 0.683. The predicted octanol–water partition coefficient (Wildman–Crippen LogP) is 3.34. The molecule has 0 atom stereocenters. The van der Waals surface area contributed by atoms with Crippen LogP contribution in [0.5, 0.6) is 0 Å².